The largest absolute Gasteiger partial charge is 0.471 e. The third-order valence-corrected chi connectivity index (χ3v) is 7.54. The van der Waals surface area contributed by atoms with Crippen LogP contribution in [0.5, 0.6) is 0 Å². The van der Waals surface area contributed by atoms with Crippen LogP contribution in [0.25, 0.3) is 21.8 Å². The van der Waals surface area contributed by atoms with Crippen molar-refractivity contribution in [3.05, 3.63) is 58.8 Å². The Morgan fingerprint density at radius 1 is 1.19 bits per heavy atom. The first kappa shape index (κ1) is 25.4. The van der Waals surface area contributed by atoms with Crippen LogP contribution in [0.15, 0.2) is 53.3 Å². The highest BCUT2D eigenvalue weighted by Gasteiger charge is 2.42. The van der Waals surface area contributed by atoms with Crippen molar-refractivity contribution in [2.24, 2.45) is 5.92 Å². The Morgan fingerprint density at radius 2 is 1.97 bits per heavy atom. The number of hydrogen-bond acceptors (Lipinski definition) is 6. The molecule has 1 amide bonds. The van der Waals surface area contributed by atoms with E-state index < -0.39 is 24.3 Å². The first-order chi connectivity index (χ1) is 17.5. The third-order valence-electron chi connectivity index (χ3n) is 6.94. The monoisotopic (exact) mass is 577 g/mol. The van der Waals surface area contributed by atoms with Crippen LogP contribution in [-0.2, 0) is 11.2 Å². The maximum atomic E-state index is 12.7. The second-order valence-electron chi connectivity index (χ2n) is 9.23. The van der Waals surface area contributed by atoms with E-state index in [1.54, 1.807) is 29.7 Å². The summed E-state index contributed by atoms with van der Waals surface area (Å²) >= 11 is 3.15. The van der Waals surface area contributed by atoms with Gasteiger partial charge in [0.05, 0.1) is 27.7 Å². The Morgan fingerprint density at radius 3 is 2.73 bits per heavy atom. The molecule has 37 heavy (non-hydrogen) atoms. The van der Waals surface area contributed by atoms with Gasteiger partial charge in [0, 0.05) is 23.2 Å². The van der Waals surface area contributed by atoms with Gasteiger partial charge in [-0.2, -0.15) is 13.2 Å². The highest BCUT2D eigenvalue weighted by Crippen LogP contribution is 2.40. The molecule has 194 valence electrons. The van der Waals surface area contributed by atoms with Gasteiger partial charge in [-0.05, 0) is 70.9 Å². The number of aromatic nitrogens is 3. The van der Waals surface area contributed by atoms with E-state index in [0.29, 0.717) is 36.0 Å². The zero-order chi connectivity index (χ0) is 26.5. The van der Waals surface area contributed by atoms with Crippen molar-refractivity contribution in [2.75, 3.05) is 11.1 Å². The number of aliphatic hydroxyl groups is 2. The summed E-state index contributed by atoms with van der Waals surface area (Å²) in [7, 11) is 0. The average molecular weight is 578 g/mol. The van der Waals surface area contributed by atoms with Crippen LogP contribution in [0.4, 0.5) is 24.8 Å². The summed E-state index contributed by atoms with van der Waals surface area (Å²) < 4.78 is 40.1. The summed E-state index contributed by atoms with van der Waals surface area (Å²) in [6.45, 7) is 0. The van der Waals surface area contributed by atoms with Gasteiger partial charge < -0.3 is 25.8 Å². The fourth-order valence-electron chi connectivity index (χ4n) is 5.02. The number of carbonyl (C=O) groups excluding carboxylic acids is 1. The highest BCUT2D eigenvalue weighted by molar-refractivity contribution is 9.10. The van der Waals surface area contributed by atoms with Crippen LogP contribution in [0.1, 0.15) is 24.4 Å². The van der Waals surface area contributed by atoms with Gasteiger partial charge in [-0.25, -0.2) is 9.97 Å². The molecule has 8 nitrogen and oxygen atoms in total. The summed E-state index contributed by atoms with van der Waals surface area (Å²) in [4.78, 5) is 19.6. The Labute approximate surface area is 217 Å². The molecule has 1 aliphatic rings. The lowest BCUT2D eigenvalue weighted by Crippen LogP contribution is -2.30. The number of aliphatic hydroxyl groups excluding tert-OH is 2. The molecule has 4 aromatic rings. The number of carbonyl (C=O) groups is 1. The van der Waals surface area contributed by atoms with Gasteiger partial charge in [0.2, 0.25) is 0 Å². The van der Waals surface area contributed by atoms with Crippen molar-refractivity contribution < 1.29 is 28.2 Å². The van der Waals surface area contributed by atoms with Crippen molar-refractivity contribution >= 4 is 55.3 Å². The Balaban J connectivity index is 1.32. The molecule has 0 saturated heterocycles. The van der Waals surface area contributed by atoms with Gasteiger partial charge in [-0.1, -0.05) is 12.1 Å². The van der Waals surface area contributed by atoms with Crippen LogP contribution in [0.3, 0.4) is 0 Å². The number of nitrogens with two attached hydrogens (primary N) is 1. The maximum Gasteiger partial charge on any atom is 0.471 e. The minimum atomic E-state index is -5.03. The molecule has 0 bridgehead atoms. The standard InChI is InChI=1S/C25H23BrF3N5O3/c26-16-10-13-3-1-12(9-17(13)32-23(16)33-24(37)25(27,28)29)2-4-14-11-19(21(36)20(14)35)34-8-6-15-18(34)5-7-31-22(15)30/h1,3,5-10,14,19-21,35-36H,2,4,11H2,(H2,30,31)(H,32,33,37)/t14-,19+,20+,21-/m0/s1. The quantitative estimate of drug-likeness (QED) is 0.279. The summed E-state index contributed by atoms with van der Waals surface area (Å²) in [6, 6.07) is 10.4. The molecular formula is C25H23BrF3N5O3. The van der Waals surface area contributed by atoms with E-state index >= 15 is 0 Å². The molecule has 0 unspecified atom stereocenters. The minimum absolute atomic E-state index is 0.174. The van der Waals surface area contributed by atoms with Crippen LogP contribution in [-0.4, -0.2) is 49.0 Å². The molecule has 1 fully saturated rings. The molecular weight excluding hydrogens is 555 g/mol. The van der Waals surface area contributed by atoms with Gasteiger partial charge >= 0.3 is 12.1 Å². The van der Waals surface area contributed by atoms with E-state index in [0.717, 1.165) is 16.5 Å². The summed E-state index contributed by atoms with van der Waals surface area (Å²) in [5.74, 6) is -2.10. The van der Waals surface area contributed by atoms with E-state index in [4.69, 9.17) is 5.73 Å². The SMILES string of the molecule is Nc1nccc2c1ccn2[C@@H]1C[C@H](CCc2ccc3cc(Br)c(NC(=O)C(F)(F)F)nc3c2)[C@@H](O)[C@H]1O. The number of nitrogen functional groups attached to an aromatic ring is 1. The summed E-state index contributed by atoms with van der Waals surface area (Å²) in [5.41, 5.74) is 8.08. The van der Waals surface area contributed by atoms with E-state index in [1.807, 2.05) is 29.0 Å². The van der Waals surface area contributed by atoms with Crippen LogP contribution in [0, 0.1) is 5.92 Å². The normalized spacial score (nSPS) is 22.1. The fourth-order valence-corrected chi connectivity index (χ4v) is 5.46. The topological polar surface area (TPSA) is 126 Å². The van der Waals surface area contributed by atoms with Gasteiger partial charge in [0.25, 0.3) is 0 Å². The number of amides is 1. The van der Waals surface area contributed by atoms with Crippen LogP contribution < -0.4 is 11.1 Å². The number of aryl methyl sites for hydroxylation is 1. The Kier molecular flexibility index (Phi) is 6.59. The molecule has 3 heterocycles. The smallest absolute Gasteiger partial charge is 0.390 e. The molecule has 0 radical (unpaired) electrons. The van der Waals surface area contributed by atoms with E-state index in [2.05, 4.69) is 25.9 Å². The summed E-state index contributed by atoms with van der Waals surface area (Å²) in [5, 5.41) is 24.8. The number of pyridine rings is 2. The number of benzene rings is 1. The maximum absolute atomic E-state index is 12.7. The van der Waals surface area contributed by atoms with Gasteiger partial charge in [-0.15, -0.1) is 0 Å². The predicted molar refractivity (Wildman–Crippen MR) is 136 cm³/mol. The number of rotatable bonds is 5. The Bertz CT molecular complexity index is 1490. The molecule has 12 heteroatoms. The molecule has 0 aliphatic heterocycles. The number of alkyl halides is 3. The van der Waals surface area contributed by atoms with Gasteiger partial charge in [0.15, 0.2) is 0 Å². The molecule has 3 aromatic heterocycles. The molecule has 5 rings (SSSR count). The van der Waals surface area contributed by atoms with Gasteiger partial charge in [0.1, 0.15) is 17.7 Å². The molecule has 1 aromatic carbocycles. The number of hydrogen-bond donors (Lipinski definition) is 4. The predicted octanol–water partition coefficient (Wildman–Crippen LogP) is 4.35. The summed E-state index contributed by atoms with van der Waals surface area (Å²) in [6.07, 6.45) is -1.76. The van der Waals surface area contributed by atoms with Crippen molar-refractivity contribution in [2.45, 2.75) is 43.7 Å². The first-order valence-corrected chi connectivity index (χ1v) is 12.4. The van der Waals surface area contributed by atoms with Crippen LogP contribution >= 0.6 is 15.9 Å². The van der Waals surface area contributed by atoms with E-state index in [1.165, 1.54) is 0 Å². The third kappa shape index (κ3) is 4.88. The highest BCUT2D eigenvalue weighted by atomic mass is 79.9. The second-order valence-corrected chi connectivity index (χ2v) is 10.1. The van der Waals surface area contributed by atoms with Gasteiger partial charge in [-0.3, -0.25) is 4.79 Å². The Hall–Kier alpha value is -3.22. The van der Waals surface area contributed by atoms with Crippen molar-refractivity contribution in [3.8, 4) is 0 Å². The van der Waals surface area contributed by atoms with E-state index in [9.17, 15) is 28.2 Å². The second kappa shape index (κ2) is 9.58. The molecule has 1 aliphatic carbocycles. The number of nitrogens with zero attached hydrogens (tertiary/aromatic N) is 3. The lowest BCUT2D eigenvalue weighted by molar-refractivity contribution is -0.167. The first-order valence-electron chi connectivity index (χ1n) is 11.6. The lowest BCUT2D eigenvalue weighted by atomic mass is 9.95. The molecule has 5 N–H and O–H groups in total. The zero-order valence-electron chi connectivity index (χ0n) is 19.3. The van der Waals surface area contributed by atoms with Crippen molar-refractivity contribution in [1.29, 1.82) is 0 Å². The number of anilines is 2. The number of halogens is 4. The minimum Gasteiger partial charge on any atom is -0.390 e. The van der Waals surface area contributed by atoms with Crippen LogP contribution in [0.2, 0.25) is 0 Å². The fraction of sp³-hybridized carbons (Fsp3) is 0.320. The number of fused-ring (bicyclic) bond motifs is 2. The van der Waals surface area contributed by atoms with Crippen molar-refractivity contribution in [1.82, 2.24) is 14.5 Å². The number of nitrogens with one attached hydrogen (secondary N) is 1. The molecule has 0 spiro atoms. The average Bonchev–Trinajstić information content (AvgIpc) is 3.39. The zero-order valence-corrected chi connectivity index (χ0v) is 20.9. The lowest BCUT2D eigenvalue weighted by Gasteiger charge is -2.19. The molecule has 4 atom stereocenters. The van der Waals surface area contributed by atoms with Crippen molar-refractivity contribution in [3.63, 3.8) is 0 Å². The molecule has 1 saturated carbocycles. The van der Waals surface area contributed by atoms with E-state index in [-0.39, 0.29) is 22.3 Å².